The van der Waals surface area contributed by atoms with E-state index in [9.17, 15) is 27.8 Å². The predicted molar refractivity (Wildman–Crippen MR) is 139 cm³/mol. The van der Waals surface area contributed by atoms with Gasteiger partial charge in [0.25, 0.3) is 0 Å². The Bertz CT molecular complexity index is 1040. The molecule has 3 rings (SSSR count). The van der Waals surface area contributed by atoms with Crippen LogP contribution in [0.4, 0.5) is 13.6 Å². The van der Waals surface area contributed by atoms with E-state index in [1.54, 1.807) is 0 Å². The van der Waals surface area contributed by atoms with E-state index >= 15 is 0 Å². The average molecular weight is 526 g/mol. The van der Waals surface area contributed by atoms with E-state index in [4.69, 9.17) is 0 Å². The summed E-state index contributed by atoms with van der Waals surface area (Å²) in [5.74, 6) is -1.17. The van der Waals surface area contributed by atoms with Crippen LogP contribution in [-0.2, 0) is 18.6 Å². The number of aryl methyl sites for hydroxylation is 1. The van der Waals surface area contributed by atoms with Crippen LogP contribution in [0.3, 0.4) is 0 Å². The lowest BCUT2D eigenvalue weighted by Crippen LogP contribution is -2.53. The van der Waals surface area contributed by atoms with Crippen LogP contribution in [0.5, 0.6) is 0 Å². The Morgan fingerprint density at radius 2 is 1.78 bits per heavy atom. The monoisotopic (exact) mass is 525 g/mol. The first-order valence-corrected chi connectivity index (χ1v) is 14.2. The quantitative estimate of drug-likeness (QED) is 0.274. The fourth-order valence-electron chi connectivity index (χ4n) is 4.36. The van der Waals surface area contributed by atoms with Crippen molar-refractivity contribution in [2.75, 3.05) is 12.3 Å². The number of amides is 2. The molecule has 0 saturated carbocycles. The van der Waals surface area contributed by atoms with Gasteiger partial charge >= 0.3 is 6.03 Å². The van der Waals surface area contributed by atoms with Gasteiger partial charge in [0.1, 0.15) is 11.6 Å². The molecular formula is C26H37F2N3O4S. The molecule has 36 heavy (non-hydrogen) atoms. The number of benzene rings is 2. The normalized spacial score (nSPS) is 20.1. The molecule has 0 saturated heterocycles. The fraction of sp³-hybridized carbons (Fsp3) is 0.500. The highest BCUT2D eigenvalue weighted by atomic mass is 32.3. The molecule has 0 radical (unpaired) electrons. The summed E-state index contributed by atoms with van der Waals surface area (Å²) in [5.41, 5.74) is 3.22. The Kier molecular flexibility index (Phi) is 9.71. The van der Waals surface area contributed by atoms with E-state index in [0.717, 1.165) is 29.2 Å². The molecule has 0 aliphatic carbocycles. The van der Waals surface area contributed by atoms with E-state index in [1.165, 1.54) is 12.1 Å². The van der Waals surface area contributed by atoms with Crippen molar-refractivity contribution in [3.05, 3.63) is 70.3 Å². The molecule has 0 aromatic heterocycles. The maximum absolute atomic E-state index is 13.8. The lowest BCUT2D eigenvalue weighted by atomic mass is 9.97. The number of aliphatic hydroxyl groups is 1. The summed E-state index contributed by atoms with van der Waals surface area (Å²) in [6.45, 7) is 5.83. The topological polar surface area (TPSA) is 114 Å². The van der Waals surface area contributed by atoms with Gasteiger partial charge in [0.2, 0.25) is 0 Å². The molecule has 1 aliphatic rings. The van der Waals surface area contributed by atoms with Crippen LogP contribution in [0.25, 0.3) is 0 Å². The van der Waals surface area contributed by atoms with Crippen LogP contribution in [-0.4, -0.2) is 50.7 Å². The molecule has 1 aliphatic heterocycles. The third kappa shape index (κ3) is 7.88. The van der Waals surface area contributed by atoms with Gasteiger partial charge in [0, 0.05) is 18.7 Å². The maximum atomic E-state index is 13.8. The van der Waals surface area contributed by atoms with E-state index in [0.29, 0.717) is 12.0 Å². The van der Waals surface area contributed by atoms with Gasteiger partial charge in [0.15, 0.2) is 0 Å². The van der Waals surface area contributed by atoms with Crippen LogP contribution < -0.4 is 16.0 Å². The van der Waals surface area contributed by atoms with Crippen molar-refractivity contribution in [1.82, 2.24) is 16.0 Å². The zero-order valence-electron chi connectivity index (χ0n) is 20.9. The zero-order valence-corrected chi connectivity index (χ0v) is 21.7. The van der Waals surface area contributed by atoms with Gasteiger partial charge < -0.3 is 21.1 Å². The Morgan fingerprint density at radius 3 is 2.42 bits per heavy atom. The SMILES string of the molecule is CCc1ccc2c(c1)[C@@H](NC[C@@H](O)[C@H](Cc1cc(F)cc(F)c1)NC(=O)NC(C)CC)CS(O)(O)C2. The smallest absolute Gasteiger partial charge is 0.315 e. The number of aliphatic hydroxyl groups excluding tert-OH is 1. The van der Waals surface area contributed by atoms with Crippen LogP contribution in [0.15, 0.2) is 36.4 Å². The Labute approximate surface area is 213 Å². The number of halogens is 2. The molecule has 2 aromatic rings. The average Bonchev–Trinajstić information content (AvgIpc) is 2.80. The molecular weight excluding hydrogens is 488 g/mol. The molecule has 10 heteroatoms. The molecule has 4 atom stereocenters. The van der Waals surface area contributed by atoms with Crippen molar-refractivity contribution in [3.8, 4) is 0 Å². The first-order chi connectivity index (χ1) is 17.0. The van der Waals surface area contributed by atoms with Crippen LogP contribution in [0.2, 0.25) is 0 Å². The maximum Gasteiger partial charge on any atom is 0.315 e. The number of carbonyl (C=O) groups is 1. The number of hydrogen-bond acceptors (Lipinski definition) is 5. The molecule has 2 aromatic carbocycles. The standard InChI is InChI=1S/C26H37F2N3O4S/c1-4-16(3)30-26(33)31-23(11-18-8-20(27)12-21(28)9-18)25(32)13-29-24-15-36(34,35)14-19-7-6-17(5-2)10-22(19)24/h6-10,12,16,23-25,29,32,34-35H,4-5,11,13-15H2,1-3H3,(H2,30,31,33)/t16?,23-,24-,25+/m0/s1. The molecule has 0 bridgehead atoms. The van der Waals surface area contributed by atoms with E-state index in [2.05, 4.69) is 16.0 Å². The third-order valence-corrected chi connectivity index (χ3v) is 8.18. The predicted octanol–water partition coefficient (Wildman–Crippen LogP) is 4.49. The second kappa shape index (κ2) is 12.3. The molecule has 0 fully saturated rings. The highest BCUT2D eigenvalue weighted by Gasteiger charge is 2.31. The number of hydrogen-bond donors (Lipinski definition) is 6. The Balaban J connectivity index is 1.77. The fourth-order valence-corrected chi connectivity index (χ4v) is 6.07. The summed E-state index contributed by atoms with van der Waals surface area (Å²) in [6.07, 6.45) is 0.424. The number of urea groups is 1. The van der Waals surface area contributed by atoms with Crippen LogP contribution in [0.1, 0.15) is 55.5 Å². The number of carbonyl (C=O) groups excluding carboxylic acids is 1. The second-order valence-corrected chi connectivity index (χ2v) is 11.8. The largest absolute Gasteiger partial charge is 0.390 e. The van der Waals surface area contributed by atoms with Crippen molar-refractivity contribution < 1.29 is 27.8 Å². The third-order valence-electron chi connectivity index (χ3n) is 6.54. The Hall–Kier alpha value is -2.24. The lowest BCUT2D eigenvalue weighted by molar-refractivity contribution is 0.123. The molecule has 200 valence electrons. The van der Waals surface area contributed by atoms with Crippen molar-refractivity contribution in [3.63, 3.8) is 0 Å². The summed E-state index contributed by atoms with van der Waals surface area (Å²) in [7, 11) is -2.83. The first-order valence-electron chi connectivity index (χ1n) is 12.3. The van der Waals surface area contributed by atoms with Crippen molar-refractivity contribution in [1.29, 1.82) is 0 Å². The van der Waals surface area contributed by atoms with Crippen LogP contribution >= 0.6 is 10.6 Å². The molecule has 2 amide bonds. The van der Waals surface area contributed by atoms with Gasteiger partial charge in [0.05, 0.1) is 29.7 Å². The summed E-state index contributed by atoms with van der Waals surface area (Å²) in [6, 6.07) is 7.19. The minimum Gasteiger partial charge on any atom is -0.390 e. The van der Waals surface area contributed by atoms with Gasteiger partial charge in [-0.05, 0) is 60.6 Å². The summed E-state index contributed by atoms with van der Waals surface area (Å²) < 4.78 is 48.5. The van der Waals surface area contributed by atoms with Crippen LogP contribution in [0, 0.1) is 11.6 Å². The van der Waals surface area contributed by atoms with Crippen molar-refractivity contribution >= 4 is 16.6 Å². The van der Waals surface area contributed by atoms with Gasteiger partial charge in [-0.3, -0.25) is 9.11 Å². The minimum atomic E-state index is -2.83. The van der Waals surface area contributed by atoms with Gasteiger partial charge in [-0.15, -0.1) is 0 Å². The highest BCUT2D eigenvalue weighted by molar-refractivity contribution is 8.23. The van der Waals surface area contributed by atoms with Gasteiger partial charge in [-0.2, -0.15) is 10.6 Å². The lowest BCUT2D eigenvalue weighted by Gasteiger charge is -2.42. The first kappa shape index (κ1) is 28.3. The molecule has 7 nitrogen and oxygen atoms in total. The number of nitrogens with one attached hydrogen (secondary N) is 3. The molecule has 1 unspecified atom stereocenters. The molecule has 0 spiro atoms. The molecule has 6 N–H and O–H groups in total. The van der Waals surface area contributed by atoms with Gasteiger partial charge in [-0.1, -0.05) is 32.0 Å². The highest BCUT2D eigenvalue weighted by Crippen LogP contribution is 2.50. The zero-order chi connectivity index (χ0) is 26.5. The Morgan fingerprint density at radius 1 is 1.08 bits per heavy atom. The summed E-state index contributed by atoms with van der Waals surface area (Å²) >= 11 is 0. The van der Waals surface area contributed by atoms with E-state index in [-0.39, 0.29) is 30.5 Å². The molecule has 1 heterocycles. The van der Waals surface area contributed by atoms with Crippen molar-refractivity contribution in [2.45, 2.75) is 70.0 Å². The van der Waals surface area contributed by atoms with Gasteiger partial charge in [-0.25, -0.2) is 13.6 Å². The second-order valence-electron chi connectivity index (χ2n) is 9.54. The minimum absolute atomic E-state index is 0.00186. The summed E-state index contributed by atoms with van der Waals surface area (Å²) in [4.78, 5) is 12.5. The number of fused-ring (bicyclic) bond motifs is 1. The van der Waals surface area contributed by atoms with Crippen molar-refractivity contribution in [2.24, 2.45) is 0 Å². The number of rotatable bonds is 10. The summed E-state index contributed by atoms with van der Waals surface area (Å²) in [5, 5.41) is 19.8. The van der Waals surface area contributed by atoms with E-state index < -0.39 is 46.4 Å². The van der Waals surface area contributed by atoms with E-state index in [1.807, 2.05) is 39.0 Å².